The number of nitrogens with one attached hydrogen (secondary N) is 2. The van der Waals surface area contributed by atoms with Gasteiger partial charge in [-0.3, -0.25) is 10.1 Å². The number of fused-ring (bicyclic) bond motifs is 1. The third kappa shape index (κ3) is 3.66. The Kier molecular flexibility index (Phi) is 5.03. The maximum atomic E-state index is 11.5. The number of thiazole rings is 1. The van der Waals surface area contributed by atoms with Gasteiger partial charge in [0.2, 0.25) is 11.6 Å². The lowest BCUT2D eigenvalue weighted by Gasteiger charge is -2.08. The molecule has 0 bridgehead atoms. The van der Waals surface area contributed by atoms with Gasteiger partial charge in [-0.1, -0.05) is 36.8 Å². The molecule has 0 unspecified atom stereocenters. The number of aryl methyl sites for hydroxylation is 1. The second kappa shape index (κ2) is 7.39. The third-order valence-electron chi connectivity index (χ3n) is 3.67. The average molecular weight is 358 g/mol. The molecule has 0 aliphatic carbocycles. The van der Waals surface area contributed by atoms with Crippen molar-refractivity contribution in [2.24, 2.45) is 0 Å². The molecule has 3 aromatic rings. The third-order valence-corrected chi connectivity index (χ3v) is 4.61. The Bertz CT molecular complexity index is 911. The van der Waals surface area contributed by atoms with E-state index in [2.05, 4.69) is 32.5 Å². The maximum Gasteiger partial charge on any atom is 0.353 e. The second-order valence-electron chi connectivity index (χ2n) is 5.52. The van der Waals surface area contributed by atoms with E-state index in [1.165, 1.54) is 17.7 Å². The lowest BCUT2D eigenvalue weighted by Crippen LogP contribution is -2.09. The number of para-hydroxylation sites is 1. The predicted octanol–water partition coefficient (Wildman–Crippen LogP) is 4.26. The van der Waals surface area contributed by atoms with E-state index < -0.39 is 4.92 Å². The van der Waals surface area contributed by atoms with Crippen molar-refractivity contribution in [3.63, 3.8) is 0 Å². The number of hydrogen-bond acceptors (Lipinski definition) is 8. The van der Waals surface area contributed by atoms with E-state index >= 15 is 0 Å². The van der Waals surface area contributed by atoms with Crippen LogP contribution in [0.2, 0.25) is 0 Å². The van der Waals surface area contributed by atoms with Crippen molar-refractivity contribution in [1.29, 1.82) is 0 Å². The number of aromatic nitrogens is 3. The maximum absolute atomic E-state index is 11.5. The molecule has 0 aliphatic rings. The van der Waals surface area contributed by atoms with Crippen molar-refractivity contribution in [2.75, 3.05) is 17.2 Å². The van der Waals surface area contributed by atoms with E-state index in [1.807, 2.05) is 25.1 Å². The number of benzene rings is 1. The van der Waals surface area contributed by atoms with Gasteiger partial charge < -0.3 is 10.6 Å². The summed E-state index contributed by atoms with van der Waals surface area (Å²) in [4.78, 5) is 23.6. The fourth-order valence-electron chi connectivity index (χ4n) is 2.40. The van der Waals surface area contributed by atoms with Gasteiger partial charge in [0.1, 0.15) is 6.33 Å². The highest BCUT2D eigenvalue weighted by Crippen LogP contribution is 2.34. The molecule has 0 saturated carbocycles. The molecule has 25 heavy (non-hydrogen) atoms. The van der Waals surface area contributed by atoms with Crippen LogP contribution in [0.1, 0.15) is 25.3 Å². The first-order chi connectivity index (χ1) is 12.1. The van der Waals surface area contributed by atoms with Crippen LogP contribution in [0.3, 0.4) is 0 Å². The van der Waals surface area contributed by atoms with Gasteiger partial charge in [-0.25, -0.2) is 15.0 Å². The zero-order valence-corrected chi connectivity index (χ0v) is 14.8. The minimum absolute atomic E-state index is 0.135. The van der Waals surface area contributed by atoms with Crippen LogP contribution < -0.4 is 10.6 Å². The van der Waals surface area contributed by atoms with Crippen molar-refractivity contribution < 1.29 is 4.92 Å². The highest BCUT2D eigenvalue weighted by atomic mass is 32.1. The summed E-state index contributed by atoms with van der Waals surface area (Å²) < 4.78 is 1.01. The molecule has 1 aromatic carbocycles. The Morgan fingerprint density at radius 3 is 2.80 bits per heavy atom. The van der Waals surface area contributed by atoms with Crippen LogP contribution in [0.4, 0.5) is 22.5 Å². The molecule has 2 aromatic heterocycles. The van der Waals surface area contributed by atoms with Crippen molar-refractivity contribution in [1.82, 2.24) is 15.0 Å². The summed E-state index contributed by atoms with van der Waals surface area (Å²) in [5.41, 5.74) is 1.77. The van der Waals surface area contributed by atoms with Gasteiger partial charge in [0.05, 0.1) is 15.1 Å². The van der Waals surface area contributed by atoms with Crippen molar-refractivity contribution in [2.45, 2.75) is 26.7 Å². The number of nitrogens with zero attached hydrogens (tertiary/aromatic N) is 4. The van der Waals surface area contributed by atoms with E-state index in [4.69, 9.17) is 0 Å². The molecule has 0 radical (unpaired) electrons. The first-order valence-corrected chi connectivity index (χ1v) is 8.78. The van der Waals surface area contributed by atoms with Gasteiger partial charge in [-0.05, 0) is 25.0 Å². The Labute approximate surface area is 148 Å². The van der Waals surface area contributed by atoms with Crippen LogP contribution in [-0.2, 0) is 0 Å². The quantitative estimate of drug-likeness (QED) is 0.369. The number of anilines is 3. The zero-order valence-electron chi connectivity index (χ0n) is 13.9. The number of unbranched alkanes of at least 4 members (excludes halogenated alkanes) is 1. The second-order valence-corrected chi connectivity index (χ2v) is 6.55. The summed E-state index contributed by atoms with van der Waals surface area (Å²) in [7, 11) is 0. The molecule has 0 saturated heterocycles. The van der Waals surface area contributed by atoms with Gasteiger partial charge in [0, 0.05) is 6.54 Å². The van der Waals surface area contributed by atoms with Crippen LogP contribution >= 0.6 is 11.3 Å². The summed E-state index contributed by atoms with van der Waals surface area (Å²) in [6, 6.07) is 5.91. The average Bonchev–Trinajstić information content (AvgIpc) is 2.99. The molecule has 0 fully saturated rings. The zero-order chi connectivity index (χ0) is 17.8. The summed E-state index contributed by atoms with van der Waals surface area (Å²) in [5, 5.41) is 18.1. The molecule has 3 rings (SSSR count). The molecule has 0 aliphatic heterocycles. The largest absolute Gasteiger partial charge is 0.364 e. The number of hydrogen-bond donors (Lipinski definition) is 2. The molecular weight excluding hydrogens is 340 g/mol. The molecule has 130 valence electrons. The fraction of sp³-hybridized carbons (Fsp3) is 0.312. The molecule has 0 atom stereocenters. The van der Waals surface area contributed by atoms with Crippen LogP contribution in [0, 0.1) is 17.0 Å². The van der Waals surface area contributed by atoms with Crippen molar-refractivity contribution in [3.8, 4) is 0 Å². The summed E-state index contributed by atoms with van der Waals surface area (Å²) >= 11 is 1.43. The van der Waals surface area contributed by atoms with Crippen LogP contribution in [0.15, 0.2) is 24.5 Å². The van der Waals surface area contributed by atoms with E-state index in [1.54, 1.807) is 0 Å². The molecule has 0 amide bonds. The van der Waals surface area contributed by atoms with Crippen LogP contribution in [0.5, 0.6) is 0 Å². The monoisotopic (exact) mass is 358 g/mol. The summed E-state index contributed by atoms with van der Waals surface area (Å²) in [6.45, 7) is 4.65. The van der Waals surface area contributed by atoms with Gasteiger partial charge in [0.25, 0.3) is 0 Å². The standard InChI is InChI=1S/C16H18N6O2S/c1-3-4-8-17-14-13(22(23)24)15(19-9-18-14)21-16-20-12-10(2)6-5-7-11(12)25-16/h5-7,9H,3-4,8H2,1-2H3,(H2,17,18,19,20,21). The van der Waals surface area contributed by atoms with E-state index in [-0.39, 0.29) is 17.3 Å². The Morgan fingerprint density at radius 2 is 2.08 bits per heavy atom. The lowest BCUT2D eigenvalue weighted by molar-refractivity contribution is -0.383. The molecule has 2 heterocycles. The summed E-state index contributed by atoms with van der Waals surface area (Å²) in [5.74, 6) is 0.351. The van der Waals surface area contributed by atoms with E-state index in [0.717, 1.165) is 28.6 Å². The van der Waals surface area contributed by atoms with E-state index in [0.29, 0.717) is 11.7 Å². The Hall–Kier alpha value is -2.81. The van der Waals surface area contributed by atoms with Gasteiger partial charge in [-0.2, -0.15) is 0 Å². The highest BCUT2D eigenvalue weighted by Gasteiger charge is 2.23. The smallest absolute Gasteiger partial charge is 0.353 e. The first kappa shape index (κ1) is 17.0. The minimum Gasteiger partial charge on any atom is -0.364 e. The summed E-state index contributed by atoms with van der Waals surface area (Å²) in [6.07, 6.45) is 3.20. The van der Waals surface area contributed by atoms with Gasteiger partial charge >= 0.3 is 5.69 Å². The molecule has 0 spiro atoms. The van der Waals surface area contributed by atoms with Gasteiger partial charge in [0.15, 0.2) is 5.13 Å². The normalized spacial score (nSPS) is 10.8. The first-order valence-electron chi connectivity index (χ1n) is 7.96. The number of nitro groups is 1. The van der Waals surface area contributed by atoms with Crippen molar-refractivity contribution >= 4 is 44.0 Å². The topological polar surface area (TPSA) is 106 Å². The van der Waals surface area contributed by atoms with Crippen molar-refractivity contribution in [3.05, 3.63) is 40.2 Å². The SMILES string of the molecule is CCCCNc1ncnc(Nc2nc3c(C)cccc3s2)c1[N+](=O)[O-]. The molecule has 9 heteroatoms. The number of rotatable bonds is 7. The molecule has 2 N–H and O–H groups in total. The Balaban J connectivity index is 1.93. The Morgan fingerprint density at radius 1 is 1.28 bits per heavy atom. The minimum atomic E-state index is -0.477. The van der Waals surface area contributed by atoms with E-state index in [9.17, 15) is 10.1 Å². The van der Waals surface area contributed by atoms with Gasteiger partial charge in [-0.15, -0.1) is 0 Å². The predicted molar refractivity (Wildman–Crippen MR) is 99.7 cm³/mol. The fourth-order valence-corrected chi connectivity index (χ4v) is 3.34. The molecular formula is C16H18N6O2S. The van der Waals surface area contributed by atoms with Crippen LogP contribution in [0.25, 0.3) is 10.2 Å². The highest BCUT2D eigenvalue weighted by molar-refractivity contribution is 7.22. The molecule has 8 nitrogen and oxygen atoms in total. The van der Waals surface area contributed by atoms with Crippen LogP contribution in [-0.4, -0.2) is 26.4 Å². The lowest BCUT2D eigenvalue weighted by atomic mass is 10.2.